The van der Waals surface area contributed by atoms with Crippen molar-refractivity contribution in [3.05, 3.63) is 11.8 Å². The zero-order valence-electron chi connectivity index (χ0n) is 12.4. The summed E-state index contributed by atoms with van der Waals surface area (Å²) >= 11 is 0. The lowest BCUT2D eigenvalue weighted by Gasteiger charge is -2.36. The zero-order valence-corrected chi connectivity index (χ0v) is 12.4. The van der Waals surface area contributed by atoms with Gasteiger partial charge in [0, 0.05) is 12.7 Å². The van der Waals surface area contributed by atoms with Crippen LogP contribution in [0.2, 0.25) is 0 Å². The van der Waals surface area contributed by atoms with E-state index in [4.69, 9.17) is 0 Å². The van der Waals surface area contributed by atoms with Gasteiger partial charge in [-0.1, -0.05) is 6.08 Å². The second-order valence-corrected chi connectivity index (χ2v) is 6.18. The van der Waals surface area contributed by atoms with Gasteiger partial charge in [-0.25, -0.2) is 0 Å². The lowest BCUT2D eigenvalue weighted by molar-refractivity contribution is -0.150. The topological polar surface area (TPSA) is 60.9 Å². The molecule has 20 heavy (non-hydrogen) atoms. The van der Waals surface area contributed by atoms with Gasteiger partial charge >= 0.3 is 5.97 Å². The Balaban J connectivity index is 1.83. The van der Waals surface area contributed by atoms with E-state index in [2.05, 4.69) is 11.0 Å². The van der Waals surface area contributed by atoms with Crippen molar-refractivity contribution in [2.45, 2.75) is 39.0 Å². The highest BCUT2D eigenvalue weighted by atomic mass is 16.4. The lowest BCUT2D eigenvalue weighted by atomic mass is 9.80. The average molecular weight is 280 g/mol. The van der Waals surface area contributed by atoms with Crippen LogP contribution < -0.4 is 0 Å². The molecule has 2 rings (SSSR count). The minimum Gasteiger partial charge on any atom is -0.481 e. The summed E-state index contributed by atoms with van der Waals surface area (Å²) in [6.45, 7) is 3.55. The van der Waals surface area contributed by atoms with Crippen molar-refractivity contribution in [3.8, 4) is 0 Å². The van der Waals surface area contributed by atoms with Gasteiger partial charge < -0.3 is 10.0 Å². The largest absolute Gasteiger partial charge is 0.481 e. The highest BCUT2D eigenvalue weighted by Gasteiger charge is 2.37. The summed E-state index contributed by atoms with van der Waals surface area (Å²) in [4.78, 5) is 27.2. The van der Waals surface area contributed by atoms with Gasteiger partial charge in [-0.3, -0.25) is 14.5 Å². The fourth-order valence-corrected chi connectivity index (χ4v) is 2.83. The van der Waals surface area contributed by atoms with E-state index < -0.39 is 11.4 Å². The number of likely N-dealkylation sites (tertiary alicyclic amines) is 1. The molecule has 112 valence electrons. The van der Waals surface area contributed by atoms with Gasteiger partial charge in [-0.2, -0.15) is 0 Å². The van der Waals surface area contributed by atoms with Gasteiger partial charge in [0.2, 0.25) is 5.91 Å². The highest BCUT2D eigenvalue weighted by Crippen LogP contribution is 2.31. The summed E-state index contributed by atoms with van der Waals surface area (Å²) in [6.07, 6.45) is 6.54. The molecule has 2 aliphatic rings. The van der Waals surface area contributed by atoms with Crippen LogP contribution >= 0.6 is 0 Å². The average Bonchev–Trinajstić information content (AvgIpc) is 2.94. The van der Waals surface area contributed by atoms with E-state index in [0.717, 1.165) is 25.0 Å². The Hall–Kier alpha value is -1.36. The van der Waals surface area contributed by atoms with Crippen molar-refractivity contribution in [1.82, 2.24) is 9.80 Å². The number of hydrogen-bond acceptors (Lipinski definition) is 3. The molecule has 0 unspecified atom stereocenters. The number of rotatable bonds is 4. The summed E-state index contributed by atoms with van der Waals surface area (Å²) in [6, 6.07) is 0. The number of nitrogens with zero attached hydrogens (tertiary/aromatic N) is 2. The Labute approximate surface area is 120 Å². The Bertz CT molecular complexity index is 423. The third kappa shape index (κ3) is 3.20. The van der Waals surface area contributed by atoms with Crippen LogP contribution in [0.1, 0.15) is 39.0 Å². The minimum absolute atomic E-state index is 0.108. The van der Waals surface area contributed by atoms with Crippen LogP contribution in [-0.2, 0) is 9.59 Å². The fraction of sp³-hybridized carbons (Fsp3) is 0.733. The van der Waals surface area contributed by atoms with Crippen molar-refractivity contribution >= 4 is 11.9 Å². The van der Waals surface area contributed by atoms with Crippen molar-refractivity contribution in [3.63, 3.8) is 0 Å². The van der Waals surface area contributed by atoms with Crippen LogP contribution in [0.3, 0.4) is 0 Å². The third-order valence-electron chi connectivity index (χ3n) is 4.66. The number of allylic oxidation sites excluding steroid dienone is 2. The molecule has 1 N–H and O–H groups in total. The highest BCUT2D eigenvalue weighted by molar-refractivity contribution is 5.80. The van der Waals surface area contributed by atoms with E-state index in [1.165, 1.54) is 0 Å². The van der Waals surface area contributed by atoms with Crippen LogP contribution in [0.5, 0.6) is 0 Å². The molecule has 1 aliphatic heterocycles. The molecule has 1 fully saturated rings. The Morgan fingerprint density at radius 3 is 2.55 bits per heavy atom. The smallest absolute Gasteiger partial charge is 0.309 e. The van der Waals surface area contributed by atoms with Gasteiger partial charge in [-0.05, 0) is 52.1 Å². The SMILES string of the molecule is CN(C(=O)CN1CCC(C)(C(=O)O)CC1)C1=CCCC1. The number of likely N-dealkylation sites (N-methyl/N-ethyl adjacent to an activating group) is 1. The number of carbonyl (C=O) groups excluding carboxylic acids is 1. The molecule has 0 aromatic rings. The quantitative estimate of drug-likeness (QED) is 0.851. The van der Waals surface area contributed by atoms with Gasteiger partial charge in [-0.15, -0.1) is 0 Å². The maximum absolute atomic E-state index is 12.2. The molecule has 5 nitrogen and oxygen atoms in total. The summed E-state index contributed by atoms with van der Waals surface area (Å²) < 4.78 is 0. The first-order valence-electron chi connectivity index (χ1n) is 7.34. The van der Waals surface area contributed by atoms with Crippen molar-refractivity contribution in [1.29, 1.82) is 0 Å². The monoisotopic (exact) mass is 280 g/mol. The van der Waals surface area contributed by atoms with Gasteiger partial charge in [0.25, 0.3) is 0 Å². The lowest BCUT2D eigenvalue weighted by Crippen LogP contribution is -2.46. The number of hydrogen-bond donors (Lipinski definition) is 1. The number of carboxylic acid groups (broad SMARTS) is 1. The van der Waals surface area contributed by atoms with Crippen LogP contribution in [-0.4, -0.2) is 53.5 Å². The van der Waals surface area contributed by atoms with Gasteiger partial charge in [0.15, 0.2) is 0 Å². The molecule has 5 heteroatoms. The molecular formula is C15H24N2O3. The van der Waals surface area contributed by atoms with E-state index in [-0.39, 0.29) is 5.91 Å². The molecule has 1 heterocycles. The maximum atomic E-state index is 12.2. The molecule has 1 aliphatic carbocycles. The summed E-state index contributed by atoms with van der Waals surface area (Å²) in [5.74, 6) is -0.617. The number of carboxylic acids is 1. The Kier molecular flexibility index (Phi) is 4.48. The molecule has 1 amide bonds. The van der Waals surface area contributed by atoms with Crippen molar-refractivity contribution < 1.29 is 14.7 Å². The Morgan fingerprint density at radius 1 is 1.40 bits per heavy atom. The molecule has 1 saturated heterocycles. The van der Waals surface area contributed by atoms with Crippen LogP contribution in [0.25, 0.3) is 0 Å². The number of piperidine rings is 1. The first-order valence-corrected chi connectivity index (χ1v) is 7.34. The molecule has 0 aromatic carbocycles. The Morgan fingerprint density at radius 2 is 2.05 bits per heavy atom. The minimum atomic E-state index is -0.725. The van der Waals surface area contributed by atoms with E-state index in [1.54, 1.807) is 11.8 Å². The molecule has 0 aromatic heterocycles. The van der Waals surface area contributed by atoms with E-state index in [9.17, 15) is 14.7 Å². The van der Waals surface area contributed by atoms with Crippen molar-refractivity contribution in [2.75, 3.05) is 26.7 Å². The van der Waals surface area contributed by atoms with E-state index in [1.807, 2.05) is 7.05 Å². The number of carbonyl (C=O) groups is 2. The molecule has 0 radical (unpaired) electrons. The van der Waals surface area contributed by atoms with Gasteiger partial charge in [0.05, 0.1) is 12.0 Å². The summed E-state index contributed by atoms with van der Waals surface area (Å²) in [5.41, 5.74) is 0.502. The zero-order chi connectivity index (χ0) is 14.8. The maximum Gasteiger partial charge on any atom is 0.309 e. The van der Waals surface area contributed by atoms with Crippen molar-refractivity contribution in [2.24, 2.45) is 5.41 Å². The van der Waals surface area contributed by atoms with Crippen LogP contribution in [0, 0.1) is 5.41 Å². The molecular weight excluding hydrogens is 256 g/mol. The number of aliphatic carboxylic acids is 1. The van der Waals surface area contributed by atoms with E-state index >= 15 is 0 Å². The predicted octanol–water partition coefficient (Wildman–Crippen LogP) is 1.70. The normalized spacial score (nSPS) is 22.4. The first kappa shape index (κ1) is 15.0. The second kappa shape index (κ2) is 5.95. The van der Waals surface area contributed by atoms with Crippen LogP contribution in [0.4, 0.5) is 0 Å². The number of amides is 1. The standard InChI is InChI=1S/C15H24N2O3/c1-15(14(19)20)7-9-17(10-8-15)11-13(18)16(2)12-5-3-4-6-12/h5H,3-4,6-11H2,1-2H3,(H,19,20). The predicted molar refractivity (Wildman–Crippen MR) is 76.1 cm³/mol. The fourth-order valence-electron chi connectivity index (χ4n) is 2.83. The second-order valence-electron chi connectivity index (χ2n) is 6.18. The van der Waals surface area contributed by atoms with Crippen LogP contribution in [0.15, 0.2) is 11.8 Å². The molecule has 0 atom stereocenters. The molecule has 0 spiro atoms. The van der Waals surface area contributed by atoms with Gasteiger partial charge in [0.1, 0.15) is 0 Å². The first-order chi connectivity index (χ1) is 9.42. The molecule has 0 bridgehead atoms. The third-order valence-corrected chi connectivity index (χ3v) is 4.66. The summed E-state index contributed by atoms with van der Waals surface area (Å²) in [7, 11) is 1.84. The summed E-state index contributed by atoms with van der Waals surface area (Å²) in [5, 5.41) is 9.20. The van der Waals surface area contributed by atoms with E-state index in [0.29, 0.717) is 32.5 Å². The molecule has 0 saturated carbocycles.